The molecule has 3 aromatic rings. The van der Waals surface area contributed by atoms with Crippen molar-refractivity contribution in [3.05, 3.63) is 39.5 Å². The molecule has 8 nitrogen and oxygen atoms in total. The number of aliphatic hydroxyl groups excluding tert-OH is 1. The van der Waals surface area contributed by atoms with Gasteiger partial charge in [0.05, 0.1) is 32.8 Å². The molecule has 0 spiro atoms. The van der Waals surface area contributed by atoms with E-state index in [0.29, 0.717) is 47.7 Å². The fraction of sp³-hybridized carbons (Fsp3) is 0.409. The number of aliphatic hydroxyl groups is 1. The van der Waals surface area contributed by atoms with Gasteiger partial charge < -0.3 is 24.2 Å². The quantitative estimate of drug-likeness (QED) is 0.599. The Morgan fingerprint density at radius 1 is 1.23 bits per heavy atom. The maximum Gasteiger partial charge on any atom is 0.348 e. The van der Waals surface area contributed by atoms with Crippen LogP contribution in [-0.2, 0) is 11.3 Å². The maximum absolute atomic E-state index is 12.4. The Balaban J connectivity index is 1.86. The van der Waals surface area contributed by atoms with Crippen LogP contribution >= 0.6 is 11.3 Å². The summed E-state index contributed by atoms with van der Waals surface area (Å²) < 4.78 is 16.2. The molecule has 0 radical (unpaired) electrons. The monoisotopic (exact) mass is 443 g/mol. The van der Waals surface area contributed by atoms with E-state index < -0.39 is 6.10 Å². The Bertz CT molecular complexity index is 1160. The number of hydrogen-bond acceptors (Lipinski definition) is 9. The molecule has 0 fully saturated rings. The molecule has 1 N–H and O–H groups in total. The molecular formula is C22H25N3O5S. The van der Waals surface area contributed by atoms with Crippen LogP contribution < -0.4 is 14.4 Å². The first-order valence-electron chi connectivity index (χ1n) is 10.0. The fourth-order valence-corrected chi connectivity index (χ4v) is 5.19. The second kappa shape index (κ2) is 8.32. The Morgan fingerprint density at radius 3 is 2.61 bits per heavy atom. The van der Waals surface area contributed by atoms with Crippen molar-refractivity contribution in [3.8, 4) is 11.5 Å². The van der Waals surface area contributed by atoms with Crippen LogP contribution in [0.2, 0.25) is 0 Å². The molecule has 0 saturated carbocycles. The number of hydrogen-bond donors (Lipinski definition) is 1. The van der Waals surface area contributed by atoms with Gasteiger partial charge in [0.25, 0.3) is 0 Å². The lowest BCUT2D eigenvalue weighted by atomic mass is 9.95. The number of carbonyl (C=O) groups is 1. The molecule has 31 heavy (non-hydrogen) atoms. The van der Waals surface area contributed by atoms with Crippen molar-refractivity contribution >= 4 is 33.3 Å². The standard InChI is InChI=1S/C22H25N3O5S/c1-6-30-22(27)19-11(2)17-20(23-12(3)24-21(17)31-19)25-9-13-15(28-4)7-8-16(29-5)18(13)14(26)10-25/h7-8,14,26H,6,9-10H2,1-5H3/t14-/m0/s1. The molecule has 0 aliphatic carbocycles. The fourth-order valence-electron chi connectivity index (χ4n) is 4.08. The van der Waals surface area contributed by atoms with Gasteiger partial charge >= 0.3 is 5.97 Å². The van der Waals surface area contributed by atoms with Gasteiger partial charge in [0.1, 0.15) is 39.0 Å². The highest BCUT2D eigenvalue weighted by molar-refractivity contribution is 7.20. The van der Waals surface area contributed by atoms with Crippen molar-refractivity contribution in [2.75, 3.05) is 32.3 Å². The van der Waals surface area contributed by atoms with Crippen molar-refractivity contribution in [2.45, 2.75) is 33.4 Å². The molecule has 1 aliphatic heterocycles. The van der Waals surface area contributed by atoms with Crippen molar-refractivity contribution in [3.63, 3.8) is 0 Å². The summed E-state index contributed by atoms with van der Waals surface area (Å²) >= 11 is 1.30. The third kappa shape index (κ3) is 3.57. The predicted octanol–water partition coefficient (Wildman–Crippen LogP) is 3.56. The molecular weight excluding hydrogens is 418 g/mol. The first-order valence-corrected chi connectivity index (χ1v) is 10.8. The van der Waals surface area contributed by atoms with Crippen LogP contribution in [0.4, 0.5) is 5.82 Å². The molecule has 0 saturated heterocycles. The highest BCUT2D eigenvalue weighted by Crippen LogP contribution is 2.43. The summed E-state index contributed by atoms with van der Waals surface area (Å²) in [5, 5.41) is 11.8. The van der Waals surface area contributed by atoms with Gasteiger partial charge in [-0.05, 0) is 38.5 Å². The number of aromatic nitrogens is 2. The lowest BCUT2D eigenvalue weighted by Gasteiger charge is -2.35. The number of β-amino-alcohol motifs (C(OH)–C–C–N with tert-alkyl or cyclic N) is 1. The zero-order chi connectivity index (χ0) is 22.3. The number of ether oxygens (including phenoxy) is 3. The van der Waals surface area contributed by atoms with Gasteiger partial charge in [0.2, 0.25) is 0 Å². The number of esters is 1. The summed E-state index contributed by atoms with van der Waals surface area (Å²) in [5.41, 5.74) is 2.37. The molecule has 2 aromatic heterocycles. The van der Waals surface area contributed by atoms with Gasteiger partial charge in [0.15, 0.2) is 0 Å². The lowest BCUT2D eigenvalue weighted by Crippen LogP contribution is -2.35. The number of thiophene rings is 1. The van der Waals surface area contributed by atoms with Crippen LogP contribution in [0, 0.1) is 13.8 Å². The minimum atomic E-state index is -0.789. The summed E-state index contributed by atoms with van der Waals surface area (Å²) in [7, 11) is 3.19. The van der Waals surface area contributed by atoms with Gasteiger partial charge in [0, 0.05) is 17.7 Å². The zero-order valence-electron chi connectivity index (χ0n) is 18.2. The van der Waals surface area contributed by atoms with E-state index in [1.165, 1.54) is 11.3 Å². The SMILES string of the molecule is CCOC(=O)c1sc2nc(C)nc(N3Cc4c(OC)ccc(OC)c4[C@@H](O)C3)c2c1C. The first-order chi connectivity index (χ1) is 14.9. The van der Waals surface area contributed by atoms with Gasteiger partial charge in [-0.3, -0.25) is 0 Å². The summed E-state index contributed by atoms with van der Waals surface area (Å²) in [6.45, 7) is 6.59. The Labute approximate surface area is 184 Å². The molecule has 4 rings (SSSR count). The first kappa shape index (κ1) is 21.3. The van der Waals surface area contributed by atoms with Gasteiger partial charge in [-0.1, -0.05) is 0 Å². The predicted molar refractivity (Wildman–Crippen MR) is 118 cm³/mol. The van der Waals surface area contributed by atoms with Crippen molar-refractivity contribution in [1.82, 2.24) is 9.97 Å². The van der Waals surface area contributed by atoms with E-state index >= 15 is 0 Å². The molecule has 164 valence electrons. The number of methoxy groups -OCH3 is 2. The summed E-state index contributed by atoms with van der Waals surface area (Å²) in [6, 6.07) is 3.64. The van der Waals surface area contributed by atoms with E-state index in [1.54, 1.807) is 27.2 Å². The molecule has 0 unspecified atom stereocenters. The highest BCUT2D eigenvalue weighted by atomic mass is 32.1. The largest absolute Gasteiger partial charge is 0.496 e. The zero-order valence-corrected chi connectivity index (χ0v) is 19.0. The van der Waals surface area contributed by atoms with Crippen LogP contribution in [0.25, 0.3) is 10.2 Å². The summed E-state index contributed by atoms with van der Waals surface area (Å²) in [6.07, 6.45) is -0.789. The maximum atomic E-state index is 12.4. The second-order valence-electron chi connectivity index (χ2n) is 7.31. The van der Waals surface area contributed by atoms with Crippen molar-refractivity contribution in [1.29, 1.82) is 0 Å². The van der Waals surface area contributed by atoms with Gasteiger partial charge in [-0.25, -0.2) is 14.8 Å². The van der Waals surface area contributed by atoms with E-state index in [1.807, 2.05) is 24.8 Å². The highest BCUT2D eigenvalue weighted by Gasteiger charge is 2.32. The number of aryl methyl sites for hydroxylation is 2. The molecule has 1 aliphatic rings. The van der Waals surface area contributed by atoms with Crippen molar-refractivity contribution in [2.24, 2.45) is 0 Å². The van der Waals surface area contributed by atoms with Gasteiger partial charge in [-0.15, -0.1) is 11.3 Å². The lowest BCUT2D eigenvalue weighted by molar-refractivity contribution is 0.0531. The molecule has 9 heteroatoms. The van der Waals surface area contributed by atoms with Crippen LogP contribution in [0.15, 0.2) is 12.1 Å². The topological polar surface area (TPSA) is 94.0 Å². The van der Waals surface area contributed by atoms with E-state index in [-0.39, 0.29) is 5.97 Å². The minimum Gasteiger partial charge on any atom is -0.496 e. The number of rotatable bonds is 5. The van der Waals surface area contributed by atoms with Crippen LogP contribution in [0.3, 0.4) is 0 Å². The number of fused-ring (bicyclic) bond motifs is 2. The Kier molecular flexibility index (Phi) is 5.72. The van der Waals surface area contributed by atoms with E-state index in [2.05, 4.69) is 4.98 Å². The smallest absolute Gasteiger partial charge is 0.348 e. The van der Waals surface area contributed by atoms with E-state index in [4.69, 9.17) is 19.2 Å². The Hall–Kier alpha value is -2.91. The van der Waals surface area contributed by atoms with Crippen LogP contribution in [-0.4, -0.2) is 48.4 Å². The summed E-state index contributed by atoms with van der Waals surface area (Å²) in [5.74, 6) is 2.22. The third-order valence-corrected chi connectivity index (χ3v) is 6.60. The number of anilines is 1. The molecule has 0 amide bonds. The van der Waals surface area contributed by atoms with E-state index in [9.17, 15) is 9.90 Å². The minimum absolute atomic E-state index is 0.306. The molecule has 1 aromatic carbocycles. The molecule has 1 atom stereocenters. The molecule has 3 heterocycles. The Morgan fingerprint density at radius 2 is 1.94 bits per heavy atom. The molecule has 0 bridgehead atoms. The number of carbonyl (C=O) groups excluding carboxylic acids is 1. The van der Waals surface area contributed by atoms with Crippen LogP contribution in [0.1, 0.15) is 45.2 Å². The third-order valence-electron chi connectivity index (χ3n) is 5.43. The average Bonchev–Trinajstić information content (AvgIpc) is 3.08. The van der Waals surface area contributed by atoms with E-state index in [0.717, 1.165) is 26.9 Å². The number of benzene rings is 1. The average molecular weight is 444 g/mol. The second-order valence-corrected chi connectivity index (χ2v) is 8.31. The van der Waals surface area contributed by atoms with Gasteiger partial charge in [-0.2, -0.15) is 0 Å². The normalized spacial score (nSPS) is 15.7. The van der Waals surface area contributed by atoms with Crippen molar-refractivity contribution < 1.29 is 24.1 Å². The summed E-state index contributed by atoms with van der Waals surface area (Å²) in [4.78, 5) is 24.9. The van der Waals surface area contributed by atoms with Crippen LogP contribution in [0.5, 0.6) is 11.5 Å². The number of nitrogens with zero attached hydrogens (tertiary/aromatic N) is 3.